The van der Waals surface area contributed by atoms with Crippen LogP contribution in [0.3, 0.4) is 0 Å². The van der Waals surface area contributed by atoms with Gasteiger partial charge in [-0.15, -0.1) is 0 Å². The Bertz CT molecular complexity index is 597. The molecule has 0 saturated carbocycles. The fourth-order valence-electron chi connectivity index (χ4n) is 3.52. The van der Waals surface area contributed by atoms with Gasteiger partial charge in [0, 0.05) is 25.5 Å². The van der Waals surface area contributed by atoms with E-state index >= 15 is 0 Å². The van der Waals surface area contributed by atoms with Crippen LogP contribution in [0.1, 0.15) is 0 Å². The minimum Gasteiger partial charge on any atom is -0.388 e. The predicted molar refractivity (Wildman–Crippen MR) is 104 cm³/mol. The molecular weight excluding hydrogens is 300 g/mol. The van der Waals surface area contributed by atoms with Gasteiger partial charge in [-0.3, -0.25) is 0 Å². The molecule has 2 aromatic carbocycles. The standard InChI is InChI=1S/C18H28N4Si/c1-19-15-11-7-9-13-17(15)23(21(3)4,22(5)6)18-14-10-8-12-16(18)20-2/h7-14,19-20H,1-6H3. The molecule has 0 aliphatic carbocycles. The zero-order valence-electron chi connectivity index (χ0n) is 15.0. The Labute approximate surface area is 141 Å². The summed E-state index contributed by atoms with van der Waals surface area (Å²) in [5.41, 5.74) is 2.37. The molecule has 0 amide bonds. The van der Waals surface area contributed by atoms with Gasteiger partial charge in [0.2, 0.25) is 0 Å². The van der Waals surface area contributed by atoms with Crippen LogP contribution in [0.15, 0.2) is 48.5 Å². The second-order valence-electron chi connectivity index (χ2n) is 6.05. The van der Waals surface area contributed by atoms with Crippen molar-refractivity contribution >= 4 is 30.1 Å². The van der Waals surface area contributed by atoms with E-state index in [4.69, 9.17) is 0 Å². The van der Waals surface area contributed by atoms with Gasteiger partial charge in [-0.1, -0.05) is 36.4 Å². The first-order valence-corrected chi connectivity index (χ1v) is 9.79. The Hall–Kier alpha value is -1.82. The van der Waals surface area contributed by atoms with Crippen molar-refractivity contribution < 1.29 is 0 Å². The van der Waals surface area contributed by atoms with Crippen LogP contribution in [-0.4, -0.2) is 59.8 Å². The molecule has 0 aromatic heterocycles. The van der Waals surface area contributed by atoms with Crippen LogP contribution in [-0.2, 0) is 0 Å². The average molecular weight is 329 g/mol. The number of nitrogens with one attached hydrogen (secondary N) is 2. The lowest BCUT2D eigenvalue weighted by atomic mass is 10.3. The van der Waals surface area contributed by atoms with E-state index in [-0.39, 0.29) is 0 Å². The van der Waals surface area contributed by atoms with Crippen molar-refractivity contribution in [3.8, 4) is 0 Å². The molecule has 2 aromatic rings. The number of para-hydroxylation sites is 2. The highest BCUT2D eigenvalue weighted by Gasteiger charge is 2.46. The molecule has 0 bridgehead atoms. The van der Waals surface area contributed by atoms with Crippen molar-refractivity contribution in [1.82, 2.24) is 9.13 Å². The second-order valence-corrected chi connectivity index (χ2v) is 10.3. The van der Waals surface area contributed by atoms with Crippen LogP contribution >= 0.6 is 0 Å². The van der Waals surface area contributed by atoms with E-state index in [2.05, 4.69) is 96.5 Å². The lowest BCUT2D eigenvalue weighted by Crippen LogP contribution is -2.76. The molecule has 2 N–H and O–H groups in total. The lowest BCUT2D eigenvalue weighted by molar-refractivity contribution is 0.512. The van der Waals surface area contributed by atoms with Gasteiger partial charge >= 0.3 is 0 Å². The largest absolute Gasteiger partial charge is 0.388 e. The van der Waals surface area contributed by atoms with Crippen molar-refractivity contribution in [2.24, 2.45) is 0 Å². The molecule has 2 rings (SSSR count). The zero-order chi connectivity index (χ0) is 17.0. The highest BCUT2D eigenvalue weighted by molar-refractivity contribution is 6.99. The van der Waals surface area contributed by atoms with Crippen LogP contribution < -0.4 is 21.0 Å². The Morgan fingerprint density at radius 1 is 0.652 bits per heavy atom. The van der Waals surface area contributed by atoms with Gasteiger partial charge in [-0.2, -0.15) is 0 Å². The quantitative estimate of drug-likeness (QED) is 0.786. The first-order chi connectivity index (χ1) is 11.0. The Balaban J connectivity index is 2.86. The maximum atomic E-state index is 3.38. The molecule has 4 nitrogen and oxygen atoms in total. The van der Waals surface area contributed by atoms with E-state index in [9.17, 15) is 0 Å². The van der Waals surface area contributed by atoms with Crippen molar-refractivity contribution in [1.29, 1.82) is 0 Å². The summed E-state index contributed by atoms with van der Waals surface area (Å²) in [6, 6.07) is 17.3. The SMILES string of the molecule is CNc1ccccc1[Si](c1ccccc1NC)(N(C)C)N(C)C. The molecule has 0 atom stereocenters. The van der Waals surface area contributed by atoms with Crippen LogP contribution in [0.4, 0.5) is 11.4 Å². The van der Waals surface area contributed by atoms with Crippen LogP contribution in [0.5, 0.6) is 0 Å². The monoisotopic (exact) mass is 328 g/mol. The van der Waals surface area contributed by atoms with Crippen molar-refractivity contribution in [2.45, 2.75) is 0 Å². The van der Waals surface area contributed by atoms with E-state index in [1.165, 1.54) is 21.7 Å². The van der Waals surface area contributed by atoms with Crippen LogP contribution in [0, 0.1) is 0 Å². The Kier molecular flexibility index (Phi) is 5.46. The van der Waals surface area contributed by atoms with Crippen molar-refractivity contribution in [2.75, 3.05) is 52.9 Å². The molecule has 0 fully saturated rings. The van der Waals surface area contributed by atoms with Crippen LogP contribution in [0.2, 0.25) is 0 Å². The van der Waals surface area contributed by atoms with Crippen molar-refractivity contribution in [3.05, 3.63) is 48.5 Å². The molecular formula is C18H28N4Si. The van der Waals surface area contributed by atoms with Gasteiger partial charge in [0.1, 0.15) is 0 Å². The summed E-state index contributed by atoms with van der Waals surface area (Å²) in [4.78, 5) is 0. The molecule has 0 aliphatic rings. The van der Waals surface area contributed by atoms with Gasteiger partial charge in [-0.25, -0.2) is 0 Å². The first-order valence-electron chi connectivity index (χ1n) is 7.89. The number of nitrogens with zero attached hydrogens (tertiary/aromatic N) is 2. The van der Waals surface area contributed by atoms with Gasteiger partial charge in [-0.05, 0) is 50.7 Å². The fourth-order valence-corrected chi connectivity index (χ4v) is 8.36. The third-order valence-corrected chi connectivity index (χ3v) is 9.40. The molecule has 0 radical (unpaired) electrons. The van der Waals surface area contributed by atoms with Gasteiger partial charge in [0.25, 0.3) is 8.40 Å². The molecule has 5 heteroatoms. The summed E-state index contributed by atoms with van der Waals surface area (Å²) in [7, 11) is 10.4. The predicted octanol–water partition coefficient (Wildman–Crippen LogP) is 1.45. The summed E-state index contributed by atoms with van der Waals surface area (Å²) < 4.78 is 4.80. The van der Waals surface area contributed by atoms with E-state index < -0.39 is 8.40 Å². The molecule has 0 spiro atoms. The molecule has 124 valence electrons. The highest BCUT2D eigenvalue weighted by atomic mass is 28.3. The summed E-state index contributed by atoms with van der Waals surface area (Å²) >= 11 is 0. The molecule has 0 aliphatic heterocycles. The summed E-state index contributed by atoms with van der Waals surface area (Å²) in [5.74, 6) is 0. The van der Waals surface area contributed by atoms with Gasteiger partial charge in [0.05, 0.1) is 0 Å². The summed E-state index contributed by atoms with van der Waals surface area (Å²) in [5, 5.41) is 9.48. The van der Waals surface area contributed by atoms with E-state index in [0.717, 1.165) is 0 Å². The smallest absolute Gasteiger partial charge is 0.276 e. The molecule has 0 heterocycles. The number of anilines is 2. The minimum atomic E-state index is -2.29. The first kappa shape index (κ1) is 17.5. The Morgan fingerprint density at radius 2 is 1.00 bits per heavy atom. The summed E-state index contributed by atoms with van der Waals surface area (Å²) in [6.45, 7) is 0. The topological polar surface area (TPSA) is 30.5 Å². The van der Waals surface area contributed by atoms with E-state index in [1.54, 1.807) is 0 Å². The normalized spacial score (nSPS) is 11.8. The minimum absolute atomic E-state index is 1.19. The third-order valence-electron chi connectivity index (χ3n) is 4.44. The zero-order valence-corrected chi connectivity index (χ0v) is 16.0. The molecule has 0 saturated heterocycles. The van der Waals surface area contributed by atoms with Crippen LogP contribution in [0.25, 0.3) is 0 Å². The third kappa shape index (κ3) is 2.87. The Morgan fingerprint density at radius 3 is 1.30 bits per heavy atom. The summed E-state index contributed by atoms with van der Waals surface area (Å²) in [6.07, 6.45) is 0. The van der Waals surface area contributed by atoms with Crippen molar-refractivity contribution in [3.63, 3.8) is 0 Å². The van der Waals surface area contributed by atoms with Gasteiger partial charge in [0.15, 0.2) is 0 Å². The number of hydrogen-bond acceptors (Lipinski definition) is 4. The van der Waals surface area contributed by atoms with Gasteiger partial charge < -0.3 is 19.8 Å². The van der Waals surface area contributed by atoms with E-state index in [0.29, 0.717) is 0 Å². The second kappa shape index (κ2) is 7.17. The maximum absolute atomic E-state index is 3.38. The maximum Gasteiger partial charge on any atom is 0.276 e. The highest BCUT2D eigenvalue weighted by Crippen LogP contribution is 2.20. The number of rotatable bonds is 6. The average Bonchev–Trinajstić information content (AvgIpc) is 2.55. The fraction of sp³-hybridized carbons (Fsp3) is 0.333. The molecule has 23 heavy (non-hydrogen) atoms. The lowest BCUT2D eigenvalue weighted by Gasteiger charge is -2.44. The van der Waals surface area contributed by atoms with E-state index in [1.807, 2.05) is 14.1 Å². The number of benzene rings is 2. The number of hydrogen-bond donors (Lipinski definition) is 2. The molecule has 0 unspecified atom stereocenters.